The van der Waals surface area contributed by atoms with E-state index in [2.05, 4.69) is 110 Å². The van der Waals surface area contributed by atoms with Crippen LogP contribution in [0.3, 0.4) is 0 Å². The Morgan fingerprint density at radius 3 is 2.31 bits per heavy atom. The predicted octanol–water partition coefficient (Wildman–Crippen LogP) is 7.17. The lowest BCUT2D eigenvalue weighted by Gasteiger charge is -2.58. The molecule has 3 heteroatoms. The molecule has 4 unspecified atom stereocenters. The highest BCUT2D eigenvalue weighted by Gasteiger charge is 2.57. The normalized spacial score (nSPS) is 31.6. The maximum absolute atomic E-state index is 12.3. The van der Waals surface area contributed by atoms with Gasteiger partial charge >= 0.3 is 0 Å². The summed E-state index contributed by atoms with van der Waals surface area (Å²) in [5.41, 5.74) is 24.4. The van der Waals surface area contributed by atoms with Crippen molar-refractivity contribution in [2.24, 2.45) is 34.6 Å². The molecule has 0 spiro atoms. The molecule has 39 heavy (non-hydrogen) atoms. The van der Waals surface area contributed by atoms with Gasteiger partial charge in [0.05, 0.1) is 6.10 Å². The number of aliphatic hydroxyl groups excluding tert-OH is 1. The Bertz CT molecular complexity index is 1450. The lowest BCUT2D eigenvalue weighted by Crippen LogP contribution is -2.57. The van der Waals surface area contributed by atoms with Crippen LogP contribution in [0.25, 0.3) is 17.2 Å². The third-order valence-corrected chi connectivity index (χ3v) is 10.0. The van der Waals surface area contributed by atoms with Gasteiger partial charge in [0.2, 0.25) is 0 Å². The summed E-state index contributed by atoms with van der Waals surface area (Å²) in [7, 11) is 0. The Balaban J connectivity index is 1.76. The Hall–Kier alpha value is -3.14. The van der Waals surface area contributed by atoms with Gasteiger partial charge in [-0.25, -0.2) is 0 Å². The molecule has 0 saturated heterocycles. The summed E-state index contributed by atoms with van der Waals surface area (Å²) >= 11 is 0. The van der Waals surface area contributed by atoms with E-state index in [4.69, 9.17) is 11.5 Å². The van der Waals surface area contributed by atoms with Gasteiger partial charge in [0.15, 0.2) is 0 Å². The van der Waals surface area contributed by atoms with E-state index in [0.717, 1.165) is 39.0 Å². The van der Waals surface area contributed by atoms with Crippen LogP contribution in [0.2, 0.25) is 0 Å². The van der Waals surface area contributed by atoms with Crippen molar-refractivity contribution in [3.63, 3.8) is 0 Å². The first-order valence-corrected chi connectivity index (χ1v) is 14.1. The van der Waals surface area contributed by atoms with E-state index in [0.29, 0.717) is 12.1 Å². The molecule has 5 N–H and O–H groups in total. The van der Waals surface area contributed by atoms with Crippen LogP contribution in [0.15, 0.2) is 84.6 Å². The Morgan fingerprint density at radius 2 is 1.72 bits per heavy atom. The first-order chi connectivity index (χ1) is 18.2. The summed E-state index contributed by atoms with van der Waals surface area (Å²) in [6.07, 6.45) is 2.27. The average Bonchev–Trinajstić information content (AvgIpc) is 2.85. The molecule has 204 valence electrons. The highest BCUT2D eigenvalue weighted by Crippen LogP contribution is 2.63. The van der Waals surface area contributed by atoms with Crippen molar-refractivity contribution < 1.29 is 5.11 Å². The molecule has 1 saturated carbocycles. The largest absolute Gasteiger partial charge is 0.402 e. The number of fused-ring (bicyclic) bond motifs is 3. The van der Waals surface area contributed by atoms with Crippen LogP contribution in [-0.4, -0.2) is 17.3 Å². The van der Waals surface area contributed by atoms with Gasteiger partial charge in [0, 0.05) is 34.9 Å². The smallest absolute Gasteiger partial charge is 0.0689 e. The van der Waals surface area contributed by atoms with Crippen molar-refractivity contribution in [1.29, 1.82) is 0 Å². The molecule has 2 aromatic rings. The quantitative estimate of drug-likeness (QED) is 0.368. The van der Waals surface area contributed by atoms with Crippen molar-refractivity contribution in [2.75, 3.05) is 0 Å². The van der Waals surface area contributed by atoms with Gasteiger partial charge in [0.1, 0.15) is 0 Å². The van der Waals surface area contributed by atoms with Gasteiger partial charge in [-0.05, 0) is 70.2 Å². The van der Waals surface area contributed by atoms with E-state index in [-0.39, 0.29) is 29.2 Å². The fraction of sp³-hybridized carbons (Fsp3) is 0.389. The van der Waals surface area contributed by atoms with E-state index in [1.165, 1.54) is 16.7 Å². The number of hydrogen-bond donors (Lipinski definition) is 3. The van der Waals surface area contributed by atoms with Gasteiger partial charge in [-0.2, -0.15) is 0 Å². The van der Waals surface area contributed by atoms with Gasteiger partial charge < -0.3 is 16.6 Å². The molecule has 0 heterocycles. The van der Waals surface area contributed by atoms with E-state index in [1.54, 1.807) is 0 Å². The minimum absolute atomic E-state index is 0.0871. The van der Waals surface area contributed by atoms with Gasteiger partial charge in [-0.3, -0.25) is 0 Å². The number of nitrogens with two attached hydrogens (primary N) is 2. The maximum atomic E-state index is 12.3. The second-order valence-corrected chi connectivity index (χ2v) is 13.2. The minimum atomic E-state index is -0.644. The molecule has 3 aliphatic rings. The number of allylic oxidation sites excluding steroid dienone is 2. The van der Waals surface area contributed by atoms with Gasteiger partial charge in [-0.15, -0.1) is 0 Å². The third-order valence-electron chi connectivity index (χ3n) is 10.0. The lowest BCUT2D eigenvalue weighted by molar-refractivity contribution is -0.000293. The molecule has 1 fully saturated rings. The fourth-order valence-corrected chi connectivity index (χ4v) is 7.69. The first-order valence-electron chi connectivity index (χ1n) is 14.1. The molecule has 0 aliphatic heterocycles. The highest BCUT2D eigenvalue weighted by molar-refractivity contribution is 6.00. The van der Waals surface area contributed by atoms with Gasteiger partial charge in [-0.1, -0.05) is 107 Å². The lowest BCUT2D eigenvalue weighted by atomic mass is 9.48. The van der Waals surface area contributed by atoms with E-state index < -0.39 is 11.5 Å². The molecule has 0 radical (unpaired) electrons. The zero-order chi connectivity index (χ0) is 28.6. The number of aliphatic hydroxyl groups is 1. The Morgan fingerprint density at radius 1 is 1.08 bits per heavy atom. The Labute approximate surface area is 234 Å². The second kappa shape index (κ2) is 9.21. The monoisotopic (exact) mass is 520 g/mol. The molecule has 0 bridgehead atoms. The van der Waals surface area contributed by atoms with Crippen LogP contribution < -0.4 is 11.5 Å². The number of benzene rings is 2. The molecule has 2 aromatic carbocycles. The molecular formula is C36H44N2O. The molecule has 3 nitrogen and oxygen atoms in total. The molecule has 0 amide bonds. The molecular weight excluding hydrogens is 476 g/mol. The van der Waals surface area contributed by atoms with Crippen LogP contribution in [-0.2, 0) is 5.41 Å². The molecule has 5 rings (SSSR count). The van der Waals surface area contributed by atoms with Crippen molar-refractivity contribution in [3.05, 3.63) is 112 Å². The average molecular weight is 521 g/mol. The van der Waals surface area contributed by atoms with E-state index in [9.17, 15) is 5.11 Å². The fourth-order valence-electron chi connectivity index (χ4n) is 7.69. The van der Waals surface area contributed by atoms with Crippen molar-refractivity contribution in [3.8, 4) is 0 Å². The Kier molecular flexibility index (Phi) is 6.48. The highest BCUT2D eigenvalue weighted by atomic mass is 16.3. The SMILES string of the molecule is C=C1C2=C(C)[C@@]3(C)C(=C)C(C(=C)N)[C@H](N)CC3C(O)C2/C(=C/c2ccc(C(C)(C)C)cc2)c2cccc(C)c21. The molecule has 0 aromatic heterocycles. The van der Waals surface area contributed by atoms with Crippen molar-refractivity contribution in [1.82, 2.24) is 0 Å². The zero-order valence-electron chi connectivity index (χ0n) is 24.4. The van der Waals surface area contributed by atoms with Crippen molar-refractivity contribution in [2.45, 2.75) is 65.5 Å². The number of hydrogen-bond acceptors (Lipinski definition) is 3. The van der Waals surface area contributed by atoms with Crippen LogP contribution in [0.4, 0.5) is 0 Å². The zero-order valence-corrected chi connectivity index (χ0v) is 24.4. The van der Waals surface area contributed by atoms with Crippen LogP contribution in [0, 0.1) is 30.1 Å². The summed E-state index contributed by atoms with van der Waals surface area (Å²) in [6.45, 7) is 26.5. The maximum Gasteiger partial charge on any atom is 0.0689 e. The van der Waals surface area contributed by atoms with Crippen LogP contribution >= 0.6 is 0 Å². The summed E-state index contributed by atoms with van der Waals surface area (Å²) < 4.78 is 0. The van der Waals surface area contributed by atoms with Crippen LogP contribution in [0.1, 0.15) is 68.9 Å². The van der Waals surface area contributed by atoms with Crippen molar-refractivity contribution >= 4 is 17.2 Å². The predicted molar refractivity (Wildman–Crippen MR) is 166 cm³/mol. The molecule has 6 atom stereocenters. The first kappa shape index (κ1) is 27.4. The minimum Gasteiger partial charge on any atom is -0.402 e. The van der Waals surface area contributed by atoms with E-state index >= 15 is 0 Å². The third kappa shape index (κ3) is 4.01. The van der Waals surface area contributed by atoms with E-state index in [1.807, 2.05) is 0 Å². The summed E-state index contributed by atoms with van der Waals surface area (Å²) in [6, 6.07) is 15.0. The summed E-state index contributed by atoms with van der Waals surface area (Å²) in [5.74, 6) is -0.479. The standard InChI is InChI=1S/C36H44N2O/c1-19-11-10-12-26-27(17-24-13-15-25(16-14-24)35(6,7)8)33-31(20(2)30(19)26)21(3)36(9)22(4)32(23(5)37)29(38)18-28(36)34(33)39/h10-17,28-29,32-34,39H,2,4-5,18,37-38H2,1,3,6-9H3/b27-17+/t28?,29-,32?,33?,34?,36+/m1/s1. The van der Waals surface area contributed by atoms with Crippen LogP contribution in [0.5, 0.6) is 0 Å². The summed E-state index contributed by atoms with van der Waals surface area (Å²) in [4.78, 5) is 0. The molecule has 3 aliphatic carbocycles. The van der Waals surface area contributed by atoms with Gasteiger partial charge in [0.25, 0.3) is 0 Å². The number of rotatable bonds is 2. The number of aryl methyl sites for hydroxylation is 1. The topological polar surface area (TPSA) is 72.3 Å². The summed E-state index contributed by atoms with van der Waals surface area (Å²) in [5, 5.41) is 12.3. The second-order valence-electron chi connectivity index (χ2n) is 13.2.